The van der Waals surface area contributed by atoms with Crippen molar-refractivity contribution >= 4 is 5.91 Å². The van der Waals surface area contributed by atoms with Gasteiger partial charge in [0.05, 0.1) is 6.10 Å². The molecule has 2 N–H and O–H groups in total. The van der Waals surface area contributed by atoms with Crippen LogP contribution in [-0.4, -0.2) is 23.7 Å². The van der Waals surface area contributed by atoms with E-state index in [-0.39, 0.29) is 5.91 Å². The number of hydrogen-bond acceptors (Lipinski definition) is 3. The maximum Gasteiger partial charge on any atom is 0.261 e. The van der Waals surface area contributed by atoms with E-state index in [0.29, 0.717) is 18.7 Å². The molecular weight excluding hydrogens is 242 g/mol. The number of carbonyl (C=O) groups is 1. The van der Waals surface area contributed by atoms with Crippen molar-refractivity contribution in [2.75, 3.05) is 6.54 Å². The first kappa shape index (κ1) is 15.2. The van der Waals surface area contributed by atoms with Gasteiger partial charge in [-0.2, -0.15) is 0 Å². The van der Waals surface area contributed by atoms with Crippen LogP contribution in [0, 0.1) is 0 Å². The number of ether oxygens (including phenoxy) is 1. The number of carbonyl (C=O) groups excluding carboxylic acids is 1. The van der Waals surface area contributed by atoms with Gasteiger partial charge in [0.15, 0.2) is 6.10 Å². The highest BCUT2D eigenvalue weighted by molar-refractivity contribution is 5.80. The highest BCUT2D eigenvalue weighted by Gasteiger charge is 2.13. The number of hydrogen-bond donors (Lipinski definition) is 2. The Labute approximate surface area is 114 Å². The second-order valence-electron chi connectivity index (χ2n) is 4.29. The number of benzene rings is 1. The summed E-state index contributed by atoms with van der Waals surface area (Å²) in [5, 5.41) is 12.3. The lowest BCUT2D eigenvalue weighted by Crippen LogP contribution is -2.36. The SMILES string of the molecule is C=CCNC(=O)C(C)Oc1ccc([C@H](O)CC)cc1. The molecule has 19 heavy (non-hydrogen) atoms. The summed E-state index contributed by atoms with van der Waals surface area (Å²) < 4.78 is 5.51. The summed E-state index contributed by atoms with van der Waals surface area (Å²) >= 11 is 0. The van der Waals surface area contributed by atoms with Gasteiger partial charge >= 0.3 is 0 Å². The lowest BCUT2D eigenvalue weighted by molar-refractivity contribution is -0.127. The van der Waals surface area contributed by atoms with E-state index in [1.807, 2.05) is 6.92 Å². The molecule has 0 fully saturated rings. The van der Waals surface area contributed by atoms with Crippen LogP contribution in [0.4, 0.5) is 0 Å². The van der Waals surface area contributed by atoms with Crippen molar-refractivity contribution < 1.29 is 14.6 Å². The van der Waals surface area contributed by atoms with Gasteiger partial charge in [-0.25, -0.2) is 0 Å². The first-order valence-corrected chi connectivity index (χ1v) is 6.41. The fraction of sp³-hybridized carbons (Fsp3) is 0.400. The monoisotopic (exact) mass is 263 g/mol. The summed E-state index contributed by atoms with van der Waals surface area (Å²) in [7, 11) is 0. The summed E-state index contributed by atoms with van der Waals surface area (Å²) in [4.78, 5) is 11.6. The van der Waals surface area contributed by atoms with E-state index >= 15 is 0 Å². The normalized spacial score (nSPS) is 13.4. The molecule has 4 nitrogen and oxygen atoms in total. The molecule has 4 heteroatoms. The summed E-state index contributed by atoms with van der Waals surface area (Å²) in [5.74, 6) is 0.422. The number of nitrogens with one attached hydrogen (secondary N) is 1. The van der Waals surface area contributed by atoms with Crippen LogP contribution in [0.5, 0.6) is 5.75 Å². The third-order valence-electron chi connectivity index (χ3n) is 2.75. The molecule has 0 aliphatic carbocycles. The van der Waals surface area contributed by atoms with E-state index in [2.05, 4.69) is 11.9 Å². The Kier molecular flexibility index (Phi) is 6.09. The third kappa shape index (κ3) is 4.75. The van der Waals surface area contributed by atoms with Gasteiger partial charge < -0.3 is 15.2 Å². The van der Waals surface area contributed by atoms with E-state index in [1.54, 1.807) is 37.3 Å². The number of amides is 1. The number of aliphatic hydroxyl groups is 1. The summed E-state index contributed by atoms with van der Waals surface area (Å²) in [6, 6.07) is 7.12. The van der Waals surface area contributed by atoms with E-state index in [9.17, 15) is 9.90 Å². The zero-order chi connectivity index (χ0) is 14.3. The van der Waals surface area contributed by atoms with Crippen LogP contribution in [0.3, 0.4) is 0 Å². The van der Waals surface area contributed by atoms with Crippen molar-refractivity contribution in [3.05, 3.63) is 42.5 Å². The largest absolute Gasteiger partial charge is 0.481 e. The van der Waals surface area contributed by atoms with Crippen LogP contribution in [0.25, 0.3) is 0 Å². The quantitative estimate of drug-likeness (QED) is 0.741. The molecule has 0 aromatic heterocycles. The predicted molar refractivity (Wildman–Crippen MR) is 75.0 cm³/mol. The Hall–Kier alpha value is -1.81. The Balaban J connectivity index is 2.57. The van der Waals surface area contributed by atoms with Crippen molar-refractivity contribution in [3.63, 3.8) is 0 Å². The molecule has 1 rings (SSSR count). The van der Waals surface area contributed by atoms with Crippen LogP contribution >= 0.6 is 0 Å². The minimum Gasteiger partial charge on any atom is -0.481 e. The van der Waals surface area contributed by atoms with E-state index in [0.717, 1.165) is 5.56 Å². The molecule has 104 valence electrons. The van der Waals surface area contributed by atoms with E-state index in [4.69, 9.17) is 4.74 Å². The molecule has 0 bridgehead atoms. The van der Waals surface area contributed by atoms with Crippen LogP contribution in [0.15, 0.2) is 36.9 Å². The first-order valence-electron chi connectivity index (χ1n) is 6.41. The lowest BCUT2D eigenvalue weighted by Gasteiger charge is -2.15. The van der Waals surface area contributed by atoms with Crippen molar-refractivity contribution in [2.45, 2.75) is 32.5 Å². The summed E-state index contributed by atoms with van der Waals surface area (Å²) in [6.07, 6.45) is 1.26. The molecule has 0 aliphatic rings. The maximum atomic E-state index is 11.6. The zero-order valence-electron chi connectivity index (χ0n) is 11.4. The first-order chi connectivity index (χ1) is 9.08. The second-order valence-corrected chi connectivity index (χ2v) is 4.29. The van der Waals surface area contributed by atoms with Crippen LogP contribution in [0.1, 0.15) is 31.9 Å². The molecule has 1 aromatic carbocycles. The molecule has 0 saturated heterocycles. The van der Waals surface area contributed by atoms with Crippen LogP contribution in [-0.2, 0) is 4.79 Å². The van der Waals surface area contributed by atoms with Gasteiger partial charge in [0.1, 0.15) is 5.75 Å². The fourth-order valence-corrected chi connectivity index (χ4v) is 1.58. The van der Waals surface area contributed by atoms with Gasteiger partial charge in [0, 0.05) is 6.54 Å². The maximum absolute atomic E-state index is 11.6. The average Bonchev–Trinajstić information content (AvgIpc) is 2.44. The third-order valence-corrected chi connectivity index (χ3v) is 2.75. The average molecular weight is 263 g/mol. The summed E-state index contributed by atoms with van der Waals surface area (Å²) in [6.45, 7) is 7.56. The number of rotatable bonds is 7. The second kappa shape index (κ2) is 7.59. The van der Waals surface area contributed by atoms with Gasteiger partial charge in [-0.3, -0.25) is 4.79 Å². The Morgan fingerprint density at radius 2 is 2.11 bits per heavy atom. The summed E-state index contributed by atoms with van der Waals surface area (Å²) in [5.41, 5.74) is 0.846. The Morgan fingerprint density at radius 1 is 1.47 bits per heavy atom. The highest BCUT2D eigenvalue weighted by atomic mass is 16.5. The van der Waals surface area contributed by atoms with Crippen molar-refractivity contribution in [1.29, 1.82) is 0 Å². The van der Waals surface area contributed by atoms with Crippen molar-refractivity contribution in [1.82, 2.24) is 5.32 Å². The lowest BCUT2D eigenvalue weighted by atomic mass is 10.1. The molecule has 1 aromatic rings. The van der Waals surface area contributed by atoms with Crippen molar-refractivity contribution in [3.8, 4) is 5.75 Å². The topological polar surface area (TPSA) is 58.6 Å². The van der Waals surface area contributed by atoms with Gasteiger partial charge in [0.2, 0.25) is 0 Å². The molecule has 0 spiro atoms. The fourth-order valence-electron chi connectivity index (χ4n) is 1.58. The molecule has 1 unspecified atom stereocenters. The van der Waals surface area contributed by atoms with E-state index in [1.165, 1.54) is 0 Å². The minimum absolute atomic E-state index is 0.183. The molecule has 1 amide bonds. The molecule has 0 radical (unpaired) electrons. The van der Waals surface area contributed by atoms with Crippen molar-refractivity contribution in [2.24, 2.45) is 0 Å². The molecule has 0 aliphatic heterocycles. The van der Waals surface area contributed by atoms with Gasteiger partial charge in [-0.15, -0.1) is 6.58 Å². The Morgan fingerprint density at radius 3 is 2.63 bits per heavy atom. The van der Waals surface area contributed by atoms with Crippen LogP contribution in [0.2, 0.25) is 0 Å². The molecule has 2 atom stereocenters. The molecular formula is C15H21NO3. The Bertz CT molecular complexity index is 414. The van der Waals surface area contributed by atoms with Gasteiger partial charge in [0.25, 0.3) is 5.91 Å². The molecule has 0 heterocycles. The highest BCUT2D eigenvalue weighted by Crippen LogP contribution is 2.20. The minimum atomic E-state index is -0.568. The number of aliphatic hydroxyl groups excluding tert-OH is 1. The molecule has 0 saturated carbocycles. The standard InChI is InChI=1S/C15H21NO3/c1-4-10-16-15(18)11(3)19-13-8-6-12(7-9-13)14(17)5-2/h4,6-9,11,14,17H,1,5,10H2,2-3H3,(H,16,18)/t11?,14-/m1/s1. The van der Waals surface area contributed by atoms with Gasteiger partial charge in [-0.05, 0) is 31.0 Å². The van der Waals surface area contributed by atoms with E-state index < -0.39 is 12.2 Å². The zero-order valence-corrected chi connectivity index (χ0v) is 11.4. The predicted octanol–water partition coefficient (Wildman–Crippen LogP) is 2.20. The van der Waals surface area contributed by atoms with Crippen LogP contribution < -0.4 is 10.1 Å². The smallest absolute Gasteiger partial charge is 0.261 e. The van der Waals surface area contributed by atoms with Gasteiger partial charge in [-0.1, -0.05) is 25.1 Å².